The zero-order chi connectivity index (χ0) is 15.0. The second-order valence-corrected chi connectivity index (χ2v) is 6.49. The number of carbonyl (C=O) groups is 1. The largest absolute Gasteiger partial charge is 0.466 e. The molecular formula is C16H12Cl2O2S. The molecule has 5 heteroatoms. The highest BCUT2D eigenvalue weighted by atomic mass is 35.5. The molecule has 21 heavy (non-hydrogen) atoms. The molecule has 108 valence electrons. The molecule has 0 unspecified atom stereocenters. The van der Waals surface area contributed by atoms with Crippen molar-refractivity contribution in [1.82, 2.24) is 0 Å². The van der Waals surface area contributed by atoms with Crippen LogP contribution in [-0.2, 0) is 16.0 Å². The van der Waals surface area contributed by atoms with Crippen molar-refractivity contribution in [3.05, 3.63) is 45.9 Å². The normalized spacial score (nSPS) is 11.2. The fraction of sp³-hybridized carbons (Fsp3) is 0.188. The van der Waals surface area contributed by atoms with Crippen molar-refractivity contribution in [3.8, 4) is 0 Å². The molecule has 3 aromatic rings. The Labute approximate surface area is 136 Å². The summed E-state index contributed by atoms with van der Waals surface area (Å²) >= 11 is 13.9. The van der Waals surface area contributed by atoms with Crippen LogP contribution in [0.4, 0.5) is 0 Å². The van der Waals surface area contributed by atoms with Crippen molar-refractivity contribution in [3.63, 3.8) is 0 Å². The number of fused-ring (bicyclic) bond motifs is 3. The molecule has 1 heterocycles. The van der Waals surface area contributed by atoms with Crippen LogP contribution in [0.2, 0.25) is 10.0 Å². The fourth-order valence-electron chi connectivity index (χ4n) is 2.32. The summed E-state index contributed by atoms with van der Waals surface area (Å²) in [5.41, 5.74) is 0.940. The molecule has 0 atom stereocenters. The molecule has 3 rings (SSSR count). The zero-order valence-electron chi connectivity index (χ0n) is 11.3. The van der Waals surface area contributed by atoms with Gasteiger partial charge in [0, 0.05) is 15.5 Å². The van der Waals surface area contributed by atoms with E-state index in [4.69, 9.17) is 27.9 Å². The highest BCUT2D eigenvalue weighted by molar-refractivity contribution is 7.26. The molecule has 2 aromatic carbocycles. The van der Waals surface area contributed by atoms with Crippen LogP contribution in [0.15, 0.2) is 30.3 Å². The predicted octanol–water partition coefficient (Wildman–Crippen LogP) is 5.47. The van der Waals surface area contributed by atoms with Gasteiger partial charge < -0.3 is 4.74 Å². The maximum Gasteiger partial charge on any atom is 0.310 e. The van der Waals surface area contributed by atoms with Gasteiger partial charge in [0.25, 0.3) is 0 Å². The molecule has 1 aromatic heterocycles. The standard InChI is InChI=1S/C16H12Cl2O2S/c1-2-20-14(19)8-9-3-4-10-11-5-6-12(17)15(18)16(11)21-13(10)7-9/h3-7H,2,8H2,1H3. The number of halogens is 2. The third kappa shape index (κ3) is 2.73. The quantitative estimate of drug-likeness (QED) is 0.592. The van der Waals surface area contributed by atoms with E-state index in [1.54, 1.807) is 18.3 Å². The summed E-state index contributed by atoms with van der Waals surface area (Å²) < 4.78 is 7.05. The van der Waals surface area contributed by atoms with Gasteiger partial charge in [-0.1, -0.05) is 41.4 Å². The summed E-state index contributed by atoms with van der Waals surface area (Å²) in [6.07, 6.45) is 0.284. The van der Waals surface area contributed by atoms with Crippen molar-refractivity contribution in [1.29, 1.82) is 0 Å². The molecule has 0 bridgehead atoms. The zero-order valence-corrected chi connectivity index (χ0v) is 13.6. The highest BCUT2D eigenvalue weighted by Crippen LogP contribution is 2.41. The number of ether oxygens (including phenoxy) is 1. The van der Waals surface area contributed by atoms with Gasteiger partial charge in [-0.2, -0.15) is 0 Å². The summed E-state index contributed by atoms with van der Waals surface area (Å²) in [6.45, 7) is 2.21. The smallest absolute Gasteiger partial charge is 0.310 e. The monoisotopic (exact) mass is 338 g/mol. The van der Waals surface area contributed by atoms with Gasteiger partial charge in [-0.15, -0.1) is 11.3 Å². The number of hydrogen-bond acceptors (Lipinski definition) is 3. The molecule has 0 saturated carbocycles. The SMILES string of the molecule is CCOC(=O)Cc1ccc2c(c1)sc1c(Cl)c(Cl)ccc12. The minimum Gasteiger partial charge on any atom is -0.466 e. The van der Waals surface area contributed by atoms with Gasteiger partial charge in [-0.3, -0.25) is 4.79 Å². The highest BCUT2D eigenvalue weighted by Gasteiger charge is 2.12. The maximum atomic E-state index is 11.6. The van der Waals surface area contributed by atoms with Crippen LogP contribution in [-0.4, -0.2) is 12.6 Å². The number of benzene rings is 2. The third-order valence-electron chi connectivity index (χ3n) is 3.25. The minimum absolute atomic E-state index is 0.209. The van der Waals surface area contributed by atoms with Crippen molar-refractivity contribution in [2.75, 3.05) is 6.61 Å². The van der Waals surface area contributed by atoms with Crippen LogP contribution in [0.25, 0.3) is 20.2 Å². The van der Waals surface area contributed by atoms with E-state index in [9.17, 15) is 4.79 Å². The topological polar surface area (TPSA) is 26.3 Å². The summed E-state index contributed by atoms with van der Waals surface area (Å²) in [4.78, 5) is 11.6. The summed E-state index contributed by atoms with van der Waals surface area (Å²) in [5, 5.41) is 3.36. The first-order valence-corrected chi connectivity index (χ1v) is 8.12. The average Bonchev–Trinajstić information content (AvgIpc) is 2.81. The molecule has 2 nitrogen and oxygen atoms in total. The van der Waals surface area contributed by atoms with Gasteiger partial charge >= 0.3 is 5.97 Å². The lowest BCUT2D eigenvalue weighted by Crippen LogP contribution is -2.07. The van der Waals surface area contributed by atoms with E-state index < -0.39 is 0 Å². The van der Waals surface area contributed by atoms with Crippen molar-refractivity contribution >= 4 is 60.7 Å². The molecule has 0 N–H and O–H groups in total. The van der Waals surface area contributed by atoms with E-state index >= 15 is 0 Å². The Morgan fingerprint density at radius 2 is 1.95 bits per heavy atom. The molecule has 0 aliphatic carbocycles. The van der Waals surface area contributed by atoms with Gasteiger partial charge in [0.15, 0.2) is 0 Å². The van der Waals surface area contributed by atoms with E-state index in [0.29, 0.717) is 16.7 Å². The second-order valence-electron chi connectivity index (χ2n) is 4.65. The Morgan fingerprint density at radius 1 is 1.19 bits per heavy atom. The number of hydrogen-bond donors (Lipinski definition) is 0. The van der Waals surface area contributed by atoms with Crippen LogP contribution in [0.5, 0.6) is 0 Å². The maximum absolute atomic E-state index is 11.6. The molecular weight excluding hydrogens is 327 g/mol. The Bertz CT molecular complexity index is 839. The lowest BCUT2D eigenvalue weighted by Gasteiger charge is -2.02. The molecule has 0 amide bonds. The first-order valence-electron chi connectivity index (χ1n) is 6.55. The Balaban J connectivity index is 2.08. The van der Waals surface area contributed by atoms with E-state index in [2.05, 4.69) is 0 Å². The van der Waals surface area contributed by atoms with Crippen molar-refractivity contribution in [2.24, 2.45) is 0 Å². The molecule has 0 fully saturated rings. The first-order chi connectivity index (χ1) is 10.1. The lowest BCUT2D eigenvalue weighted by molar-refractivity contribution is -0.142. The van der Waals surface area contributed by atoms with Crippen molar-refractivity contribution < 1.29 is 9.53 Å². The lowest BCUT2D eigenvalue weighted by atomic mass is 10.1. The van der Waals surface area contributed by atoms with Gasteiger partial charge in [-0.05, 0) is 24.6 Å². The fourth-order valence-corrected chi connectivity index (χ4v) is 4.02. The van der Waals surface area contributed by atoms with E-state index in [1.165, 1.54) is 0 Å². The van der Waals surface area contributed by atoms with Gasteiger partial charge in [0.2, 0.25) is 0 Å². The second kappa shape index (κ2) is 5.84. The summed E-state index contributed by atoms with van der Waals surface area (Å²) in [5.74, 6) is -0.209. The number of rotatable bonds is 3. The molecule has 0 spiro atoms. The van der Waals surface area contributed by atoms with Crippen molar-refractivity contribution in [2.45, 2.75) is 13.3 Å². The van der Waals surface area contributed by atoms with E-state index in [-0.39, 0.29) is 12.4 Å². The van der Waals surface area contributed by atoms with Crippen LogP contribution in [0.3, 0.4) is 0 Å². The number of carbonyl (C=O) groups excluding carboxylic acids is 1. The van der Waals surface area contributed by atoms with E-state index in [1.807, 2.05) is 30.3 Å². The Hall–Kier alpha value is -1.29. The van der Waals surface area contributed by atoms with Gasteiger partial charge in [0.1, 0.15) is 0 Å². The average molecular weight is 339 g/mol. The predicted molar refractivity (Wildman–Crippen MR) is 89.7 cm³/mol. The molecule has 0 radical (unpaired) electrons. The van der Waals surface area contributed by atoms with Crippen LogP contribution in [0, 0.1) is 0 Å². The van der Waals surface area contributed by atoms with Crippen LogP contribution >= 0.6 is 34.5 Å². The van der Waals surface area contributed by atoms with Gasteiger partial charge in [-0.25, -0.2) is 0 Å². The first kappa shape index (κ1) is 14.6. The van der Waals surface area contributed by atoms with Crippen LogP contribution in [0.1, 0.15) is 12.5 Å². The van der Waals surface area contributed by atoms with Crippen LogP contribution < -0.4 is 0 Å². The molecule has 0 aliphatic heterocycles. The summed E-state index contributed by atoms with van der Waals surface area (Å²) in [7, 11) is 0. The number of esters is 1. The molecule has 0 aliphatic rings. The van der Waals surface area contributed by atoms with Gasteiger partial charge in [0.05, 0.1) is 27.8 Å². The van der Waals surface area contributed by atoms with E-state index in [0.717, 1.165) is 25.7 Å². The number of thiophene rings is 1. The third-order valence-corrected chi connectivity index (χ3v) is 5.35. The Morgan fingerprint density at radius 3 is 2.71 bits per heavy atom. The Kier molecular flexibility index (Phi) is 4.07. The minimum atomic E-state index is -0.209. The summed E-state index contributed by atoms with van der Waals surface area (Å²) in [6, 6.07) is 9.78. The molecule has 0 saturated heterocycles.